The Morgan fingerprint density at radius 3 is 2.88 bits per heavy atom. The van der Waals surface area contributed by atoms with Crippen LogP contribution < -0.4 is 10.6 Å². The molecule has 0 radical (unpaired) electrons. The molecule has 6 heteroatoms. The van der Waals surface area contributed by atoms with Crippen molar-refractivity contribution in [2.45, 2.75) is 39.3 Å². The molecule has 1 fully saturated rings. The second-order valence-electron chi connectivity index (χ2n) is 6.34. The topological polar surface area (TPSA) is 76.1 Å². The van der Waals surface area contributed by atoms with E-state index < -0.39 is 0 Å². The Kier molecular flexibility index (Phi) is 5.60. The van der Waals surface area contributed by atoms with Crippen LogP contribution in [0.15, 0.2) is 30.3 Å². The smallest absolute Gasteiger partial charge is 0.270 e. The van der Waals surface area contributed by atoms with Crippen LogP contribution in [-0.2, 0) is 11.3 Å². The van der Waals surface area contributed by atoms with E-state index in [4.69, 9.17) is 4.74 Å². The number of anilines is 1. The molecule has 1 amide bonds. The zero-order valence-corrected chi connectivity index (χ0v) is 14.7. The molecular formula is C19H24N4O2. The number of hydrogen-bond donors (Lipinski definition) is 2. The fraction of sp³-hybridized carbons (Fsp3) is 0.421. The summed E-state index contributed by atoms with van der Waals surface area (Å²) >= 11 is 0. The van der Waals surface area contributed by atoms with E-state index in [0.717, 1.165) is 25.1 Å². The first kappa shape index (κ1) is 17.4. The summed E-state index contributed by atoms with van der Waals surface area (Å²) in [6, 6.07) is 9.85. The maximum atomic E-state index is 12.3. The fourth-order valence-corrected chi connectivity index (χ4v) is 2.85. The monoisotopic (exact) mass is 340 g/mol. The highest BCUT2D eigenvalue weighted by atomic mass is 16.5. The predicted octanol–water partition coefficient (Wildman–Crippen LogP) is 2.61. The van der Waals surface area contributed by atoms with Gasteiger partial charge in [-0.1, -0.05) is 24.3 Å². The van der Waals surface area contributed by atoms with Crippen LogP contribution in [0, 0.1) is 13.8 Å². The van der Waals surface area contributed by atoms with Crippen molar-refractivity contribution in [2.24, 2.45) is 0 Å². The molecule has 25 heavy (non-hydrogen) atoms. The van der Waals surface area contributed by atoms with Crippen molar-refractivity contribution in [3.8, 4) is 0 Å². The number of aryl methyl sites for hydroxylation is 2. The van der Waals surface area contributed by atoms with E-state index in [9.17, 15) is 4.79 Å². The molecule has 0 saturated carbocycles. The minimum absolute atomic E-state index is 0.116. The lowest BCUT2D eigenvalue weighted by atomic mass is 10.1. The van der Waals surface area contributed by atoms with Gasteiger partial charge in [0.05, 0.1) is 6.10 Å². The van der Waals surface area contributed by atoms with Gasteiger partial charge in [-0.2, -0.15) is 0 Å². The summed E-state index contributed by atoms with van der Waals surface area (Å²) in [5, 5.41) is 6.10. The van der Waals surface area contributed by atoms with Gasteiger partial charge in [-0.25, -0.2) is 9.97 Å². The molecule has 3 rings (SSSR count). The van der Waals surface area contributed by atoms with Crippen LogP contribution in [0.4, 0.5) is 5.95 Å². The zero-order valence-electron chi connectivity index (χ0n) is 14.7. The zero-order chi connectivity index (χ0) is 17.6. The van der Waals surface area contributed by atoms with Gasteiger partial charge < -0.3 is 15.4 Å². The summed E-state index contributed by atoms with van der Waals surface area (Å²) in [7, 11) is 0. The fourth-order valence-electron chi connectivity index (χ4n) is 2.85. The number of rotatable bonds is 6. The number of amides is 1. The van der Waals surface area contributed by atoms with Crippen LogP contribution in [0.1, 0.15) is 40.2 Å². The Labute approximate surface area is 148 Å². The summed E-state index contributed by atoms with van der Waals surface area (Å²) in [5.74, 6) is 0.269. The van der Waals surface area contributed by atoms with Crippen molar-refractivity contribution in [2.75, 3.05) is 18.5 Å². The van der Waals surface area contributed by atoms with Crippen LogP contribution in [0.5, 0.6) is 0 Å². The Morgan fingerprint density at radius 1 is 1.28 bits per heavy atom. The van der Waals surface area contributed by atoms with Crippen LogP contribution in [0.25, 0.3) is 0 Å². The van der Waals surface area contributed by atoms with E-state index in [1.54, 1.807) is 6.07 Å². The van der Waals surface area contributed by atoms with Crippen LogP contribution in [0.3, 0.4) is 0 Å². The minimum Gasteiger partial charge on any atom is -0.376 e. The lowest BCUT2D eigenvalue weighted by Gasteiger charge is -2.12. The van der Waals surface area contributed by atoms with Gasteiger partial charge in [0.25, 0.3) is 5.91 Å². The van der Waals surface area contributed by atoms with E-state index in [1.807, 2.05) is 19.1 Å². The minimum atomic E-state index is -0.194. The molecule has 1 aliphatic rings. The highest BCUT2D eigenvalue weighted by molar-refractivity contribution is 5.92. The third-order valence-electron chi connectivity index (χ3n) is 4.30. The summed E-state index contributed by atoms with van der Waals surface area (Å²) in [6.07, 6.45) is 2.16. The van der Waals surface area contributed by atoms with Gasteiger partial charge in [0.2, 0.25) is 5.95 Å². The number of carbonyl (C=O) groups is 1. The summed E-state index contributed by atoms with van der Waals surface area (Å²) < 4.78 is 5.53. The molecule has 132 valence electrons. The largest absolute Gasteiger partial charge is 0.376 e. The van der Waals surface area contributed by atoms with Crippen molar-refractivity contribution in [3.63, 3.8) is 0 Å². The van der Waals surface area contributed by atoms with Gasteiger partial charge in [0, 0.05) is 25.4 Å². The highest BCUT2D eigenvalue weighted by Crippen LogP contribution is 2.12. The Bertz CT molecular complexity index is 742. The molecule has 2 aromatic rings. The molecule has 0 aliphatic carbocycles. The van der Waals surface area contributed by atoms with Crippen LogP contribution in [0.2, 0.25) is 0 Å². The molecule has 2 N–H and O–H groups in total. The van der Waals surface area contributed by atoms with E-state index in [-0.39, 0.29) is 12.0 Å². The van der Waals surface area contributed by atoms with Gasteiger partial charge in [-0.15, -0.1) is 0 Å². The molecule has 0 bridgehead atoms. The average molecular weight is 340 g/mol. The third-order valence-corrected chi connectivity index (χ3v) is 4.30. The predicted molar refractivity (Wildman–Crippen MR) is 96.6 cm³/mol. The van der Waals surface area contributed by atoms with Gasteiger partial charge in [-0.05, 0) is 43.9 Å². The van der Waals surface area contributed by atoms with E-state index in [0.29, 0.717) is 24.7 Å². The maximum Gasteiger partial charge on any atom is 0.270 e. The Balaban J connectivity index is 1.63. The number of hydrogen-bond acceptors (Lipinski definition) is 5. The second-order valence-corrected chi connectivity index (χ2v) is 6.34. The van der Waals surface area contributed by atoms with Gasteiger partial charge >= 0.3 is 0 Å². The standard InChI is InChI=1S/C19H24N4O2/c1-13-6-3-4-7-15(13)11-21-19-22-14(2)10-17(23-19)18(24)20-12-16-8-5-9-25-16/h3-4,6-7,10,16H,5,8-9,11-12H2,1-2H3,(H,20,24)(H,21,22,23). The summed E-state index contributed by atoms with van der Waals surface area (Å²) in [4.78, 5) is 21.1. The summed E-state index contributed by atoms with van der Waals surface area (Å²) in [5.41, 5.74) is 3.51. The van der Waals surface area contributed by atoms with Gasteiger partial charge in [0.1, 0.15) is 5.69 Å². The third kappa shape index (κ3) is 4.76. The van der Waals surface area contributed by atoms with Crippen molar-refractivity contribution in [1.29, 1.82) is 0 Å². The molecule has 1 aromatic heterocycles. The number of ether oxygens (including phenoxy) is 1. The second kappa shape index (κ2) is 8.07. The number of benzene rings is 1. The van der Waals surface area contributed by atoms with Crippen LogP contribution in [-0.4, -0.2) is 35.1 Å². The maximum absolute atomic E-state index is 12.3. The normalized spacial score (nSPS) is 16.6. The van der Waals surface area contributed by atoms with Gasteiger partial charge in [0.15, 0.2) is 0 Å². The molecule has 1 atom stereocenters. The number of aromatic nitrogens is 2. The first-order valence-corrected chi connectivity index (χ1v) is 8.65. The van der Waals surface area contributed by atoms with E-state index >= 15 is 0 Å². The molecule has 6 nitrogen and oxygen atoms in total. The SMILES string of the molecule is Cc1cc(C(=O)NCC2CCCO2)nc(NCc2ccccc2C)n1. The molecule has 1 unspecified atom stereocenters. The van der Waals surface area contributed by atoms with Crippen molar-refractivity contribution in [1.82, 2.24) is 15.3 Å². The number of nitrogens with zero attached hydrogens (tertiary/aromatic N) is 2. The average Bonchev–Trinajstić information content (AvgIpc) is 3.12. The van der Waals surface area contributed by atoms with Gasteiger partial charge in [-0.3, -0.25) is 4.79 Å². The lowest BCUT2D eigenvalue weighted by Crippen LogP contribution is -2.32. The van der Waals surface area contributed by atoms with Crippen molar-refractivity contribution < 1.29 is 9.53 Å². The summed E-state index contributed by atoms with van der Waals surface area (Å²) in [6.45, 7) is 5.84. The first-order chi connectivity index (χ1) is 12.1. The number of nitrogens with one attached hydrogen (secondary N) is 2. The lowest BCUT2D eigenvalue weighted by molar-refractivity contribution is 0.0853. The molecular weight excluding hydrogens is 316 g/mol. The first-order valence-electron chi connectivity index (χ1n) is 8.65. The molecule has 1 aromatic carbocycles. The van der Waals surface area contributed by atoms with Crippen LogP contribution >= 0.6 is 0 Å². The van der Waals surface area contributed by atoms with Crippen molar-refractivity contribution in [3.05, 3.63) is 52.8 Å². The molecule has 1 aliphatic heterocycles. The Hall–Kier alpha value is -2.47. The quantitative estimate of drug-likeness (QED) is 0.845. The van der Waals surface area contributed by atoms with E-state index in [1.165, 1.54) is 11.1 Å². The Morgan fingerprint density at radius 2 is 2.12 bits per heavy atom. The molecule has 0 spiro atoms. The molecule has 2 heterocycles. The number of carbonyl (C=O) groups excluding carboxylic acids is 1. The highest BCUT2D eigenvalue weighted by Gasteiger charge is 2.17. The molecule has 1 saturated heterocycles. The van der Waals surface area contributed by atoms with Crippen molar-refractivity contribution >= 4 is 11.9 Å². The van der Waals surface area contributed by atoms with E-state index in [2.05, 4.69) is 39.7 Å².